The number of nitrogens with zero attached hydrogens (tertiary/aromatic N) is 4. The number of halogens is 2. The number of anilines is 1. The molecule has 0 aliphatic rings. The SMILES string of the molecule is COc1ccc(CNc2cncc(-n3cccn3)n2)cc1OC(F)F. The lowest BCUT2D eigenvalue weighted by Crippen LogP contribution is -2.07. The summed E-state index contributed by atoms with van der Waals surface area (Å²) in [5.74, 6) is 1.31. The van der Waals surface area contributed by atoms with E-state index < -0.39 is 6.61 Å². The molecule has 0 amide bonds. The van der Waals surface area contributed by atoms with Crippen molar-refractivity contribution in [3.05, 3.63) is 54.6 Å². The molecule has 9 heteroatoms. The van der Waals surface area contributed by atoms with E-state index >= 15 is 0 Å². The highest BCUT2D eigenvalue weighted by molar-refractivity contribution is 5.44. The number of ether oxygens (including phenoxy) is 2. The van der Waals surface area contributed by atoms with Crippen LogP contribution in [-0.4, -0.2) is 33.5 Å². The zero-order chi connectivity index (χ0) is 17.6. The molecule has 0 fully saturated rings. The van der Waals surface area contributed by atoms with Gasteiger partial charge in [-0.05, 0) is 23.8 Å². The molecule has 1 aromatic carbocycles. The molecule has 0 saturated carbocycles. The van der Waals surface area contributed by atoms with Gasteiger partial charge < -0.3 is 14.8 Å². The lowest BCUT2D eigenvalue weighted by Gasteiger charge is -2.12. The molecule has 3 aromatic rings. The Balaban J connectivity index is 1.72. The van der Waals surface area contributed by atoms with Gasteiger partial charge in [-0.3, -0.25) is 4.98 Å². The molecule has 3 rings (SSSR count). The van der Waals surface area contributed by atoms with E-state index in [1.165, 1.54) is 13.2 Å². The minimum Gasteiger partial charge on any atom is -0.493 e. The quantitative estimate of drug-likeness (QED) is 0.708. The summed E-state index contributed by atoms with van der Waals surface area (Å²) < 4.78 is 36.0. The zero-order valence-corrected chi connectivity index (χ0v) is 13.3. The van der Waals surface area contributed by atoms with Gasteiger partial charge in [-0.2, -0.15) is 13.9 Å². The van der Waals surface area contributed by atoms with E-state index in [1.807, 2.05) is 0 Å². The van der Waals surface area contributed by atoms with Gasteiger partial charge in [-0.25, -0.2) is 9.67 Å². The van der Waals surface area contributed by atoms with Crippen LogP contribution in [0.5, 0.6) is 11.5 Å². The van der Waals surface area contributed by atoms with Crippen molar-refractivity contribution in [2.24, 2.45) is 0 Å². The molecule has 0 atom stereocenters. The van der Waals surface area contributed by atoms with Crippen molar-refractivity contribution in [2.75, 3.05) is 12.4 Å². The molecule has 0 unspecified atom stereocenters. The number of hydrogen-bond donors (Lipinski definition) is 1. The van der Waals surface area contributed by atoms with E-state index in [2.05, 4.69) is 25.1 Å². The number of rotatable bonds is 7. The molecule has 0 spiro atoms. The Morgan fingerprint density at radius 1 is 1.24 bits per heavy atom. The van der Waals surface area contributed by atoms with Gasteiger partial charge in [-0.15, -0.1) is 0 Å². The zero-order valence-electron chi connectivity index (χ0n) is 13.3. The fraction of sp³-hybridized carbons (Fsp3) is 0.188. The average Bonchev–Trinajstić information content (AvgIpc) is 3.15. The summed E-state index contributed by atoms with van der Waals surface area (Å²) in [5, 5.41) is 7.17. The van der Waals surface area contributed by atoms with Crippen LogP contribution in [-0.2, 0) is 6.54 Å². The van der Waals surface area contributed by atoms with Crippen molar-refractivity contribution < 1.29 is 18.3 Å². The molecule has 0 aliphatic carbocycles. The first-order chi connectivity index (χ1) is 12.2. The predicted molar refractivity (Wildman–Crippen MR) is 86.1 cm³/mol. The first kappa shape index (κ1) is 16.6. The van der Waals surface area contributed by atoms with E-state index in [9.17, 15) is 8.78 Å². The smallest absolute Gasteiger partial charge is 0.387 e. The van der Waals surface area contributed by atoms with Crippen molar-refractivity contribution in [3.63, 3.8) is 0 Å². The first-order valence-corrected chi connectivity index (χ1v) is 7.33. The molecule has 130 valence electrons. The predicted octanol–water partition coefficient (Wildman–Crippen LogP) is 2.88. The topological polar surface area (TPSA) is 74.1 Å². The Morgan fingerprint density at radius 2 is 2.12 bits per heavy atom. The summed E-state index contributed by atoms with van der Waals surface area (Å²) in [4.78, 5) is 8.49. The fourth-order valence-corrected chi connectivity index (χ4v) is 2.17. The highest BCUT2D eigenvalue weighted by atomic mass is 19.3. The fourth-order valence-electron chi connectivity index (χ4n) is 2.17. The summed E-state index contributed by atoms with van der Waals surface area (Å²) in [6, 6.07) is 6.59. The number of hydrogen-bond acceptors (Lipinski definition) is 6. The maximum atomic E-state index is 12.5. The Hall–Kier alpha value is -3.23. The molecule has 0 radical (unpaired) electrons. The van der Waals surface area contributed by atoms with E-state index in [4.69, 9.17) is 4.74 Å². The molecule has 7 nitrogen and oxygen atoms in total. The van der Waals surface area contributed by atoms with Crippen molar-refractivity contribution in [3.8, 4) is 17.3 Å². The lowest BCUT2D eigenvalue weighted by atomic mass is 10.2. The van der Waals surface area contributed by atoms with Gasteiger partial charge in [-0.1, -0.05) is 6.07 Å². The van der Waals surface area contributed by atoms with Crippen molar-refractivity contribution in [1.29, 1.82) is 0 Å². The molecular weight excluding hydrogens is 332 g/mol. The van der Waals surface area contributed by atoms with E-state index in [0.29, 0.717) is 18.2 Å². The Morgan fingerprint density at radius 3 is 2.84 bits per heavy atom. The van der Waals surface area contributed by atoms with Crippen LogP contribution >= 0.6 is 0 Å². The largest absolute Gasteiger partial charge is 0.493 e. The molecule has 0 saturated heterocycles. The Kier molecular flexibility index (Phi) is 5.03. The monoisotopic (exact) mass is 347 g/mol. The molecule has 0 aliphatic heterocycles. The van der Waals surface area contributed by atoms with Crippen LogP contribution in [0.15, 0.2) is 49.1 Å². The van der Waals surface area contributed by atoms with Crippen LogP contribution in [0.3, 0.4) is 0 Å². The van der Waals surface area contributed by atoms with Crippen molar-refractivity contribution >= 4 is 5.82 Å². The highest BCUT2D eigenvalue weighted by Gasteiger charge is 2.11. The van der Waals surface area contributed by atoms with Crippen LogP contribution in [0.1, 0.15) is 5.56 Å². The van der Waals surface area contributed by atoms with E-state index in [-0.39, 0.29) is 11.5 Å². The first-order valence-electron chi connectivity index (χ1n) is 7.33. The van der Waals surface area contributed by atoms with Crippen molar-refractivity contribution in [1.82, 2.24) is 19.7 Å². The summed E-state index contributed by atoms with van der Waals surface area (Å²) in [6.45, 7) is -2.57. The third-order valence-electron chi connectivity index (χ3n) is 3.28. The molecule has 0 bridgehead atoms. The lowest BCUT2D eigenvalue weighted by molar-refractivity contribution is -0.0512. The molecule has 2 aromatic heterocycles. The molecular formula is C16H15F2N5O2. The molecule has 1 N–H and O–H groups in total. The van der Waals surface area contributed by atoms with Crippen LogP contribution in [0.25, 0.3) is 5.82 Å². The van der Waals surface area contributed by atoms with Gasteiger partial charge in [0.15, 0.2) is 17.3 Å². The normalized spacial score (nSPS) is 10.7. The summed E-state index contributed by atoms with van der Waals surface area (Å²) in [7, 11) is 1.39. The standard InChI is InChI=1S/C16H15F2N5O2/c1-24-12-4-3-11(7-13(12)25-16(17)18)8-20-14-9-19-10-15(22-14)23-6-2-5-21-23/h2-7,9-10,16H,8H2,1H3,(H,20,22). The summed E-state index contributed by atoms with van der Waals surface area (Å²) >= 11 is 0. The second-order valence-corrected chi connectivity index (χ2v) is 4.93. The maximum Gasteiger partial charge on any atom is 0.387 e. The second-order valence-electron chi connectivity index (χ2n) is 4.93. The summed E-state index contributed by atoms with van der Waals surface area (Å²) in [5.41, 5.74) is 0.725. The molecule has 2 heterocycles. The van der Waals surface area contributed by atoms with Gasteiger partial charge in [0, 0.05) is 18.9 Å². The van der Waals surface area contributed by atoms with Gasteiger partial charge in [0.1, 0.15) is 5.82 Å². The Bertz CT molecular complexity index is 827. The number of alkyl halides is 2. The van der Waals surface area contributed by atoms with Gasteiger partial charge >= 0.3 is 6.61 Å². The Labute approximate surface area is 142 Å². The van der Waals surface area contributed by atoms with Crippen LogP contribution in [0.4, 0.5) is 14.6 Å². The summed E-state index contributed by atoms with van der Waals surface area (Å²) in [6.07, 6.45) is 6.54. The van der Waals surface area contributed by atoms with E-state index in [1.54, 1.807) is 47.7 Å². The minimum absolute atomic E-state index is 0.0202. The number of methoxy groups -OCH3 is 1. The number of aromatic nitrogens is 4. The van der Waals surface area contributed by atoms with Gasteiger partial charge in [0.05, 0.1) is 19.5 Å². The highest BCUT2D eigenvalue weighted by Crippen LogP contribution is 2.29. The average molecular weight is 347 g/mol. The van der Waals surface area contributed by atoms with Crippen LogP contribution < -0.4 is 14.8 Å². The number of benzene rings is 1. The minimum atomic E-state index is -2.92. The van der Waals surface area contributed by atoms with E-state index in [0.717, 1.165) is 5.56 Å². The van der Waals surface area contributed by atoms with Gasteiger partial charge in [0.2, 0.25) is 0 Å². The number of nitrogens with one attached hydrogen (secondary N) is 1. The molecule has 25 heavy (non-hydrogen) atoms. The van der Waals surface area contributed by atoms with Crippen LogP contribution in [0.2, 0.25) is 0 Å². The third-order valence-corrected chi connectivity index (χ3v) is 3.28. The van der Waals surface area contributed by atoms with Gasteiger partial charge in [0.25, 0.3) is 0 Å². The second kappa shape index (κ2) is 7.56. The van der Waals surface area contributed by atoms with Crippen LogP contribution in [0, 0.1) is 0 Å². The maximum absolute atomic E-state index is 12.5. The van der Waals surface area contributed by atoms with Crippen molar-refractivity contribution in [2.45, 2.75) is 13.2 Å². The third kappa shape index (κ3) is 4.19.